The molecule has 0 spiro atoms. The van der Waals surface area contributed by atoms with E-state index in [1.54, 1.807) is 36.4 Å². The van der Waals surface area contributed by atoms with E-state index < -0.39 is 10.0 Å². The molecule has 6 heteroatoms. The van der Waals surface area contributed by atoms with Gasteiger partial charge in [0.25, 0.3) is 0 Å². The van der Waals surface area contributed by atoms with E-state index in [9.17, 15) is 13.2 Å². The number of benzene rings is 2. The number of nitrogens with one attached hydrogen (secondary N) is 2. The third-order valence-electron chi connectivity index (χ3n) is 3.56. The summed E-state index contributed by atoms with van der Waals surface area (Å²) >= 11 is 0. The van der Waals surface area contributed by atoms with Crippen LogP contribution in [0.4, 0.5) is 5.69 Å². The Bertz CT molecular complexity index is 906. The maximum Gasteiger partial charge on any atom is 0.241 e. The highest BCUT2D eigenvalue weighted by atomic mass is 32.2. The molecule has 0 fully saturated rings. The zero-order valence-corrected chi connectivity index (χ0v) is 15.7. The lowest BCUT2D eigenvalue weighted by atomic mass is 10.1. The van der Waals surface area contributed by atoms with Gasteiger partial charge in [0.2, 0.25) is 15.9 Å². The van der Waals surface area contributed by atoms with Crippen LogP contribution in [0, 0.1) is 11.8 Å². The molecule has 1 amide bonds. The number of amides is 1. The molecule has 0 saturated carbocycles. The summed E-state index contributed by atoms with van der Waals surface area (Å²) in [6, 6.07) is 13.9. The molecule has 0 aliphatic rings. The Morgan fingerprint density at radius 1 is 1.04 bits per heavy atom. The smallest absolute Gasteiger partial charge is 0.241 e. The van der Waals surface area contributed by atoms with Crippen molar-refractivity contribution in [2.75, 3.05) is 11.9 Å². The van der Waals surface area contributed by atoms with Crippen molar-refractivity contribution in [2.24, 2.45) is 0 Å². The van der Waals surface area contributed by atoms with E-state index in [0.717, 1.165) is 24.0 Å². The predicted molar refractivity (Wildman–Crippen MR) is 103 cm³/mol. The number of carbonyl (C=O) groups excluding carboxylic acids is 1. The molecule has 5 nitrogen and oxygen atoms in total. The van der Waals surface area contributed by atoms with Crippen molar-refractivity contribution in [1.29, 1.82) is 0 Å². The number of hydrogen-bond acceptors (Lipinski definition) is 3. The van der Waals surface area contributed by atoms with Gasteiger partial charge in [0.05, 0.1) is 11.4 Å². The van der Waals surface area contributed by atoms with Crippen molar-refractivity contribution >= 4 is 21.6 Å². The van der Waals surface area contributed by atoms with Crippen LogP contribution in [0.2, 0.25) is 0 Å². The van der Waals surface area contributed by atoms with Crippen LogP contribution in [-0.2, 0) is 21.2 Å². The first-order chi connectivity index (χ1) is 12.4. The molecule has 2 aromatic rings. The average Bonchev–Trinajstić information content (AvgIpc) is 2.60. The van der Waals surface area contributed by atoms with Gasteiger partial charge in [-0.05, 0) is 48.4 Å². The molecule has 0 unspecified atom stereocenters. The second kappa shape index (κ2) is 9.18. The summed E-state index contributed by atoms with van der Waals surface area (Å²) < 4.78 is 27.0. The van der Waals surface area contributed by atoms with E-state index in [2.05, 4.69) is 28.8 Å². The Morgan fingerprint density at radius 2 is 1.69 bits per heavy atom. The minimum Gasteiger partial charge on any atom is -0.326 e. The Balaban J connectivity index is 1.94. The Labute approximate surface area is 154 Å². The van der Waals surface area contributed by atoms with E-state index in [0.29, 0.717) is 5.69 Å². The second-order valence-electron chi connectivity index (χ2n) is 5.78. The first kappa shape index (κ1) is 19.7. The lowest BCUT2D eigenvalue weighted by Gasteiger charge is -2.05. The molecular formula is C20H22N2O3S. The van der Waals surface area contributed by atoms with Gasteiger partial charge < -0.3 is 5.32 Å². The Morgan fingerprint density at radius 3 is 2.27 bits per heavy atom. The van der Waals surface area contributed by atoms with Crippen molar-refractivity contribution in [3.05, 3.63) is 59.7 Å². The molecule has 0 atom stereocenters. The van der Waals surface area contributed by atoms with Crippen molar-refractivity contribution in [2.45, 2.75) is 31.6 Å². The number of aryl methyl sites for hydroxylation is 1. The van der Waals surface area contributed by atoms with Crippen LogP contribution < -0.4 is 10.0 Å². The molecular weight excluding hydrogens is 348 g/mol. The van der Waals surface area contributed by atoms with Crippen LogP contribution in [0.3, 0.4) is 0 Å². The average molecular weight is 370 g/mol. The first-order valence-electron chi connectivity index (χ1n) is 8.36. The fraction of sp³-hybridized carbons (Fsp3) is 0.250. The van der Waals surface area contributed by atoms with Crippen LogP contribution in [0.15, 0.2) is 53.4 Å². The van der Waals surface area contributed by atoms with Gasteiger partial charge in [0.1, 0.15) is 0 Å². The fourth-order valence-corrected chi connectivity index (χ4v) is 3.25. The largest absolute Gasteiger partial charge is 0.326 e. The molecule has 0 aliphatic carbocycles. The number of sulfonamides is 1. The summed E-state index contributed by atoms with van der Waals surface area (Å²) in [6.45, 7) is 3.54. The molecule has 0 radical (unpaired) electrons. The lowest BCUT2D eigenvalue weighted by Crippen LogP contribution is -2.24. The van der Waals surface area contributed by atoms with E-state index in [1.807, 2.05) is 12.1 Å². The summed E-state index contributed by atoms with van der Waals surface area (Å²) in [5.41, 5.74) is 2.55. The number of anilines is 1. The highest BCUT2D eigenvalue weighted by molar-refractivity contribution is 7.89. The SMILES string of the molecule is CCCc1ccc(S(=O)(=O)NCC#Cc2ccc(NC(C)=O)cc2)cc1. The van der Waals surface area contributed by atoms with Gasteiger partial charge in [-0.25, -0.2) is 8.42 Å². The second-order valence-corrected chi connectivity index (χ2v) is 7.55. The predicted octanol–water partition coefficient (Wildman–Crippen LogP) is 2.93. The highest BCUT2D eigenvalue weighted by Crippen LogP contribution is 2.11. The topological polar surface area (TPSA) is 75.3 Å². The minimum atomic E-state index is -3.57. The molecule has 0 aromatic heterocycles. The van der Waals surface area contributed by atoms with Crippen molar-refractivity contribution in [1.82, 2.24) is 4.72 Å². The van der Waals surface area contributed by atoms with E-state index in [1.165, 1.54) is 6.92 Å². The lowest BCUT2D eigenvalue weighted by molar-refractivity contribution is -0.114. The van der Waals surface area contributed by atoms with Gasteiger partial charge in [-0.3, -0.25) is 4.79 Å². The number of carbonyl (C=O) groups is 1. The van der Waals surface area contributed by atoms with Gasteiger partial charge in [-0.2, -0.15) is 4.72 Å². The standard InChI is InChI=1S/C20H22N2O3S/c1-3-5-17-9-13-20(14-10-17)26(24,25)21-15-4-6-18-7-11-19(12-8-18)22-16(2)23/h7-14,21H,3,5,15H2,1-2H3,(H,22,23). The van der Waals surface area contributed by atoms with E-state index in [4.69, 9.17) is 0 Å². The molecule has 0 bridgehead atoms. The number of hydrogen-bond donors (Lipinski definition) is 2. The normalized spacial score (nSPS) is 10.7. The van der Waals surface area contributed by atoms with Crippen LogP contribution >= 0.6 is 0 Å². The maximum absolute atomic E-state index is 12.2. The number of rotatable bonds is 6. The molecule has 2 aromatic carbocycles. The quantitative estimate of drug-likeness (QED) is 0.768. The van der Waals surface area contributed by atoms with Gasteiger partial charge in [0.15, 0.2) is 0 Å². The molecule has 0 aliphatic heterocycles. The fourth-order valence-electron chi connectivity index (χ4n) is 2.32. The third kappa shape index (κ3) is 6.03. The van der Waals surface area contributed by atoms with Crippen molar-refractivity contribution in [3.63, 3.8) is 0 Å². The Hall–Kier alpha value is -2.62. The Kier molecular flexibility index (Phi) is 6.96. The minimum absolute atomic E-state index is 0.0203. The summed E-state index contributed by atoms with van der Waals surface area (Å²) in [4.78, 5) is 11.2. The van der Waals surface area contributed by atoms with Gasteiger partial charge in [0, 0.05) is 18.2 Å². The third-order valence-corrected chi connectivity index (χ3v) is 4.98. The molecule has 2 rings (SSSR count). The van der Waals surface area contributed by atoms with Gasteiger partial charge >= 0.3 is 0 Å². The summed E-state index contributed by atoms with van der Waals surface area (Å²) in [5, 5.41) is 2.67. The summed E-state index contributed by atoms with van der Waals surface area (Å²) in [6.07, 6.45) is 1.95. The first-order valence-corrected chi connectivity index (χ1v) is 9.84. The molecule has 26 heavy (non-hydrogen) atoms. The van der Waals surface area contributed by atoms with Crippen LogP contribution in [-0.4, -0.2) is 20.9 Å². The summed E-state index contributed by atoms with van der Waals surface area (Å²) in [7, 11) is -3.57. The molecule has 136 valence electrons. The zero-order valence-electron chi connectivity index (χ0n) is 14.9. The molecule has 0 saturated heterocycles. The monoisotopic (exact) mass is 370 g/mol. The molecule has 0 heterocycles. The van der Waals surface area contributed by atoms with Gasteiger partial charge in [-0.15, -0.1) is 0 Å². The highest BCUT2D eigenvalue weighted by Gasteiger charge is 2.12. The van der Waals surface area contributed by atoms with Gasteiger partial charge in [-0.1, -0.05) is 37.3 Å². The van der Waals surface area contributed by atoms with E-state index >= 15 is 0 Å². The zero-order chi connectivity index (χ0) is 19.0. The van der Waals surface area contributed by atoms with Crippen LogP contribution in [0.1, 0.15) is 31.4 Å². The van der Waals surface area contributed by atoms with Crippen molar-refractivity contribution < 1.29 is 13.2 Å². The maximum atomic E-state index is 12.2. The van der Waals surface area contributed by atoms with Crippen LogP contribution in [0.5, 0.6) is 0 Å². The van der Waals surface area contributed by atoms with E-state index in [-0.39, 0.29) is 17.3 Å². The molecule has 2 N–H and O–H groups in total. The van der Waals surface area contributed by atoms with Crippen molar-refractivity contribution in [3.8, 4) is 11.8 Å². The summed E-state index contributed by atoms with van der Waals surface area (Å²) in [5.74, 6) is 5.54. The van der Waals surface area contributed by atoms with Crippen LogP contribution in [0.25, 0.3) is 0 Å².